The molecule has 0 unspecified atom stereocenters. The van der Waals surface area contributed by atoms with Gasteiger partial charge in [-0.1, -0.05) is 50.5 Å². The summed E-state index contributed by atoms with van der Waals surface area (Å²) in [5, 5.41) is 7.28. The van der Waals surface area contributed by atoms with Gasteiger partial charge >= 0.3 is 0 Å². The highest BCUT2D eigenvalue weighted by molar-refractivity contribution is 5.94. The topological polar surface area (TPSA) is 49.9 Å². The number of hydrogen-bond donors (Lipinski definition) is 2. The summed E-state index contributed by atoms with van der Waals surface area (Å²) in [6, 6.07) is 8.00. The van der Waals surface area contributed by atoms with E-state index >= 15 is 0 Å². The van der Waals surface area contributed by atoms with Crippen LogP contribution in [0.25, 0.3) is 0 Å². The van der Waals surface area contributed by atoms with Crippen molar-refractivity contribution in [2.24, 2.45) is 5.73 Å². The number of aryl methyl sites for hydroxylation is 1. The molecule has 1 rings (SSSR count). The molecule has 0 atom stereocenters. The molecule has 0 saturated carbocycles. The highest BCUT2D eigenvalue weighted by atomic mass is 14.7. The van der Waals surface area contributed by atoms with Crippen LogP contribution in [0.3, 0.4) is 0 Å². The lowest BCUT2D eigenvalue weighted by atomic mass is 10.0. The molecule has 0 aliphatic heterocycles. The second kappa shape index (κ2) is 6.23. The predicted molar refractivity (Wildman–Crippen MR) is 65.3 cm³/mol. The number of nitrogen functional groups attached to an aromatic ring is 1. The first-order chi connectivity index (χ1) is 7.24. The summed E-state index contributed by atoms with van der Waals surface area (Å²) in [5.74, 6) is 0.146. The molecule has 3 N–H and O–H groups in total. The zero-order valence-electron chi connectivity index (χ0n) is 9.42. The summed E-state index contributed by atoms with van der Waals surface area (Å²) in [5.41, 5.74) is 7.54. The monoisotopic (exact) mass is 204 g/mol. The molecule has 0 aliphatic rings. The van der Waals surface area contributed by atoms with Crippen molar-refractivity contribution in [3.63, 3.8) is 0 Å². The van der Waals surface area contributed by atoms with Gasteiger partial charge in [-0.25, -0.2) is 0 Å². The molecule has 0 fully saturated rings. The maximum atomic E-state index is 7.28. The highest BCUT2D eigenvalue weighted by Crippen LogP contribution is 2.09. The van der Waals surface area contributed by atoms with Gasteiger partial charge in [0, 0.05) is 5.56 Å². The van der Waals surface area contributed by atoms with Crippen LogP contribution in [0, 0.1) is 5.41 Å². The lowest BCUT2D eigenvalue weighted by molar-refractivity contribution is 0.667. The minimum absolute atomic E-state index is 0.146. The summed E-state index contributed by atoms with van der Waals surface area (Å²) in [7, 11) is 0. The van der Waals surface area contributed by atoms with Crippen molar-refractivity contribution >= 4 is 5.84 Å². The molecule has 0 radical (unpaired) electrons. The Morgan fingerprint density at radius 2 is 1.80 bits per heavy atom. The Hall–Kier alpha value is -1.31. The maximum absolute atomic E-state index is 7.28. The van der Waals surface area contributed by atoms with Gasteiger partial charge in [0.2, 0.25) is 0 Å². The average Bonchev–Trinajstić information content (AvgIpc) is 2.25. The van der Waals surface area contributed by atoms with Crippen LogP contribution < -0.4 is 5.73 Å². The minimum Gasteiger partial charge on any atom is -0.384 e. The Labute approximate surface area is 92.0 Å². The fourth-order valence-corrected chi connectivity index (χ4v) is 1.61. The maximum Gasteiger partial charge on any atom is 0.122 e. The van der Waals surface area contributed by atoms with Crippen molar-refractivity contribution in [3.05, 3.63) is 35.4 Å². The Balaban J connectivity index is 2.39. The second-order valence-electron chi connectivity index (χ2n) is 3.92. The number of nitrogens with one attached hydrogen (secondary N) is 1. The van der Waals surface area contributed by atoms with Crippen LogP contribution in [0.4, 0.5) is 0 Å². The van der Waals surface area contributed by atoms with Gasteiger partial charge in [-0.05, 0) is 18.4 Å². The van der Waals surface area contributed by atoms with Crippen LogP contribution in [0.5, 0.6) is 0 Å². The lowest BCUT2D eigenvalue weighted by Crippen LogP contribution is -2.10. The summed E-state index contributed by atoms with van der Waals surface area (Å²) in [6.07, 6.45) is 6.31. The average molecular weight is 204 g/mol. The van der Waals surface area contributed by atoms with Crippen molar-refractivity contribution < 1.29 is 0 Å². The summed E-state index contributed by atoms with van der Waals surface area (Å²) >= 11 is 0. The van der Waals surface area contributed by atoms with Gasteiger partial charge in [-0.3, -0.25) is 5.41 Å². The van der Waals surface area contributed by atoms with Crippen LogP contribution in [-0.2, 0) is 6.42 Å². The van der Waals surface area contributed by atoms with Gasteiger partial charge in [-0.2, -0.15) is 0 Å². The number of rotatable bonds is 6. The molecule has 15 heavy (non-hydrogen) atoms. The summed E-state index contributed by atoms with van der Waals surface area (Å²) in [4.78, 5) is 0. The van der Waals surface area contributed by atoms with Crippen molar-refractivity contribution in [2.75, 3.05) is 0 Å². The van der Waals surface area contributed by atoms with Crippen LogP contribution in [0.1, 0.15) is 43.7 Å². The van der Waals surface area contributed by atoms with E-state index in [2.05, 4.69) is 19.1 Å². The fourth-order valence-electron chi connectivity index (χ4n) is 1.61. The third-order valence-electron chi connectivity index (χ3n) is 2.58. The number of unbranched alkanes of at least 4 members (excludes halogenated alkanes) is 3. The van der Waals surface area contributed by atoms with Gasteiger partial charge in [0.05, 0.1) is 0 Å². The zero-order valence-corrected chi connectivity index (χ0v) is 9.42. The third kappa shape index (κ3) is 4.15. The minimum atomic E-state index is 0.146. The van der Waals surface area contributed by atoms with Gasteiger partial charge < -0.3 is 5.73 Å². The zero-order chi connectivity index (χ0) is 11.1. The van der Waals surface area contributed by atoms with Crippen LogP contribution in [-0.4, -0.2) is 5.84 Å². The quantitative estimate of drug-likeness (QED) is 0.417. The molecule has 1 aromatic rings. The van der Waals surface area contributed by atoms with E-state index in [1.165, 1.54) is 31.2 Å². The van der Waals surface area contributed by atoms with Crippen LogP contribution >= 0.6 is 0 Å². The van der Waals surface area contributed by atoms with Crippen LogP contribution in [0.2, 0.25) is 0 Å². The van der Waals surface area contributed by atoms with E-state index in [1.807, 2.05) is 12.1 Å². The van der Waals surface area contributed by atoms with Crippen molar-refractivity contribution in [3.8, 4) is 0 Å². The molecule has 0 saturated heterocycles. The van der Waals surface area contributed by atoms with E-state index in [-0.39, 0.29) is 5.84 Å². The van der Waals surface area contributed by atoms with Gasteiger partial charge in [0.1, 0.15) is 5.84 Å². The molecule has 82 valence electrons. The van der Waals surface area contributed by atoms with Crippen molar-refractivity contribution in [1.29, 1.82) is 5.41 Å². The molecule has 2 heteroatoms. The van der Waals surface area contributed by atoms with Crippen LogP contribution in [0.15, 0.2) is 24.3 Å². The van der Waals surface area contributed by atoms with E-state index in [1.54, 1.807) is 0 Å². The Bertz CT molecular complexity index is 301. The SMILES string of the molecule is CCCCCCc1ccc(C(=N)N)cc1. The lowest BCUT2D eigenvalue weighted by Gasteiger charge is -2.02. The van der Waals surface area contributed by atoms with Gasteiger partial charge in [-0.15, -0.1) is 0 Å². The molecule has 0 spiro atoms. The molecule has 0 aliphatic carbocycles. The standard InChI is InChI=1S/C13H20N2/c1-2-3-4-5-6-11-7-9-12(10-8-11)13(14)15/h7-10H,2-6H2,1H3,(H3,14,15). The third-order valence-corrected chi connectivity index (χ3v) is 2.58. The van der Waals surface area contributed by atoms with Gasteiger partial charge in [0.15, 0.2) is 0 Å². The highest BCUT2D eigenvalue weighted by Gasteiger charge is 1.97. The second-order valence-corrected chi connectivity index (χ2v) is 3.92. The fraction of sp³-hybridized carbons (Fsp3) is 0.462. The summed E-state index contributed by atoms with van der Waals surface area (Å²) in [6.45, 7) is 2.22. The summed E-state index contributed by atoms with van der Waals surface area (Å²) < 4.78 is 0. The molecule has 0 aromatic heterocycles. The molecule has 2 nitrogen and oxygen atoms in total. The number of benzene rings is 1. The first-order valence-electron chi connectivity index (χ1n) is 5.67. The molecule has 0 bridgehead atoms. The van der Waals surface area contributed by atoms with E-state index in [0.717, 1.165) is 12.0 Å². The van der Waals surface area contributed by atoms with E-state index in [9.17, 15) is 0 Å². The number of amidine groups is 1. The van der Waals surface area contributed by atoms with Crippen molar-refractivity contribution in [2.45, 2.75) is 39.0 Å². The Morgan fingerprint density at radius 3 is 2.33 bits per heavy atom. The first-order valence-corrected chi connectivity index (χ1v) is 5.67. The van der Waals surface area contributed by atoms with Crippen molar-refractivity contribution in [1.82, 2.24) is 0 Å². The normalized spacial score (nSPS) is 10.2. The smallest absolute Gasteiger partial charge is 0.122 e. The molecular formula is C13H20N2. The Morgan fingerprint density at radius 1 is 1.13 bits per heavy atom. The molecule has 1 aromatic carbocycles. The van der Waals surface area contributed by atoms with Gasteiger partial charge in [0.25, 0.3) is 0 Å². The Kier molecular flexibility index (Phi) is 4.88. The molecule has 0 amide bonds. The van der Waals surface area contributed by atoms with E-state index in [0.29, 0.717) is 0 Å². The first kappa shape index (κ1) is 11.8. The number of hydrogen-bond acceptors (Lipinski definition) is 1. The van der Waals surface area contributed by atoms with E-state index < -0.39 is 0 Å². The van der Waals surface area contributed by atoms with E-state index in [4.69, 9.17) is 11.1 Å². The molecule has 0 heterocycles. The molecular weight excluding hydrogens is 184 g/mol. The predicted octanol–water partition coefficient (Wildman–Crippen LogP) is 3.09. The largest absolute Gasteiger partial charge is 0.384 e. The number of nitrogens with two attached hydrogens (primary N) is 1.